The van der Waals surface area contributed by atoms with Crippen molar-refractivity contribution in [1.82, 2.24) is 5.32 Å². The van der Waals surface area contributed by atoms with Gasteiger partial charge in [-0.25, -0.2) is 8.42 Å². The van der Waals surface area contributed by atoms with Gasteiger partial charge in [-0.05, 0) is 50.5 Å². The largest absolute Gasteiger partial charge is 0.476 e. The average Bonchev–Trinajstić information content (AvgIpc) is 2.59. The summed E-state index contributed by atoms with van der Waals surface area (Å²) in [5, 5.41) is 3.01. The molecule has 1 N–H and O–H groups in total. The maximum absolute atomic E-state index is 12.9. The molecule has 0 fully saturated rings. The van der Waals surface area contributed by atoms with E-state index in [1.54, 1.807) is 12.1 Å². The molecule has 0 saturated carbocycles. The lowest BCUT2D eigenvalue weighted by atomic mass is 9.94. The second-order valence-electron chi connectivity index (χ2n) is 7.91. The summed E-state index contributed by atoms with van der Waals surface area (Å²) in [6.45, 7) is 5.71. The van der Waals surface area contributed by atoms with E-state index in [4.69, 9.17) is 4.74 Å². The highest BCUT2D eigenvalue weighted by atomic mass is 32.2. The van der Waals surface area contributed by atoms with Gasteiger partial charge in [0, 0.05) is 5.54 Å². The lowest BCUT2D eigenvalue weighted by molar-refractivity contribution is -0.129. The first-order valence-electron chi connectivity index (χ1n) is 9.16. The molecule has 6 nitrogen and oxygen atoms in total. The van der Waals surface area contributed by atoms with Gasteiger partial charge in [0.25, 0.3) is 5.91 Å². The molecule has 2 aromatic carbocycles. The monoisotopic (exact) mass is 402 g/mol. The molecule has 28 heavy (non-hydrogen) atoms. The molecule has 1 atom stereocenters. The number of ether oxygens (including phenoxy) is 1. The number of rotatable bonds is 5. The van der Waals surface area contributed by atoms with Crippen LogP contribution < -0.4 is 14.4 Å². The SMILES string of the molecule is Cc1ccc2c(c1)O[C@@H](C(=O)NC(C)(C)Cc1ccccc1)CN2S(C)(=O)=O. The molecule has 150 valence electrons. The Morgan fingerprint density at radius 1 is 1.21 bits per heavy atom. The van der Waals surface area contributed by atoms with E-state index < -0.39 is 21.7 Å². The number of anilines is 1. The Morgan fingerprint density at radius 3 is 2.54 bits per heavy atom. The van der Waals surface area contributed by atoms with Crippen LogP contribution >= 0.6 is 0 Å². The van der Waals surface area contributed by atoms with Crippen molar-refractivity contribution in [3.8, 4) is 5.75 Å². The van der Waals surface area contributed by atoms with Gasteiger partial charge in [-0.3, -0.25) is 9.10 Å². The van der Waals surface area contributed by atoms with E-state index in [0.29, 0.717) is 17.9 Å². The zero-order chi connectivity index (χ0) is 20.5. The van der Waals surface area contributed by atoms with E-state index in [0.717, 1.165) is 17.4 Å². The summed E-state index contributed by atoms with van der Waals surface area (Å²) in [6.07, 6.45) is 0.868. The lowest BCUT2D eigenvalue weighted by Gasteiger charge is -2.36. The predicted octanol–water partition coefficient (Wildman–Crippen LogP) is 2.66. The molecule has 0 spiro atoms. The normalized spacial score (nSPS) is 16.9. The van der Waals surface area contributed by atoms with Crippen LogP contribution in [-0.2, 0) is 21.2 Å². The molecule has 7 heteroatoms. The van der Waals surface area contributed by atoms with Crippen molar-refractivity contribution in [2.45, 2.75) is 38.8 Å². The number of hydrogen-bond donors (Lipinski definition) is 1. The van der Waals surface area contributed by atoms with Crippen LogP contribution in [0.2, 0.25) is 0 Å². The Bertz CT molecular complexity index is 971. The molecule has 0 unspecified atom stereocenters. The van der Waals surface area contributed by atoms with Crippen LogP contribution in [0.5, 0.6) is 5.75 Å². The van der Waals surface area contributed by atoms with Crippen molar-refractivity contribution in [3.63, 3.8) is 0 Å². The van der Waals surface area contributed by atoms with E-state index in [1.807, 2.05) is 57.2 Å². The lowest BCUT2D eigenvalue weighted by Crippen LogP contribution is -2.55. The van der Waals surface area contributed by atoms with Crippen molar-refractivity contribution in [2.75, 3.05) is 17.1 Å². The fourth-order valence-corrected chi connectivity index (χ4v) is 4.29. The molecule has 0 radical (unpaired) electrons. The van der Waals surface area contributed by atoms with Gasteiger partial charge in [-0.1, -0.05) is 36.4 Å². The first kappa shape index (κ1) is 20.2. The highest BCUT2D eigenvalue weighted by Crippen LogP contribution is 2.35. The highest BCUT2D eigenvalue weighted by Gasteiger charge is 2.36. The molecule has 2 aromatic rings. The third-order valence-corrected chi connectivity index (χ3v) is 5.77. The number of hydrogen-bond acceptors (Lipinski definition) is 4. The van der Waals surface area contributed by atoms with Gasteiger partial charge in [0.2, 0.25) is 10.0 Å². The van der Waals surface area contributed by atoms with Crippen molar-refractivity contribution in [2.24, 2.45) is 0 Å². The summed E-state index contributed by atoms with van der Waals surface area (Å²) in [5.41, 5.74) is 1.99. The third kappa shape index (κ3) is 4.65. The molecule has 0 aliphatic carbocycles. The number of aryl methyl sites for hydroxylation is 1. The van der Waals surface area contributed by atoms with Gasteiger partial charge in [0.1, 0.15) is 5.75 Å². The highest BCUT2D eigenvalue weighted by molar-refractivity contribution is 7.92. The maximum atomic E-state index is 12.9. The summed E-state index contributed by atoms with van der Waals surface area (Å²) < 4.78 is 31.6. The second kappa shape index (κ2) is 7.47. The minimum absolute atomic E-state index is 0.0534. The molecule has 0 bridgehead atoms. The summed E-state index contributed by atoms with van der Waals surface area (Å²) in [5.74, 6) is 0.0689. The van der Waals surface area contributed by atoms with Crippen LogP contribution in [0.4, 0.5) is 5.69 Å². The number of amides is 1. The Hall–Kier alpha value is -2.54. The number of nitrogens with zero attached hydrogens (tertiary/aromatic N) is 1. The van der Waals surface area contributed by atoms with Gasteiger partial charge in [0.15, 0.2) is 6.10 Å². The van der Waals surface area contributed by atoms with Gasteiger partial charge >= 0.3 is 0 Å². The van der Waals surface area contributed by atoms with E-state index in [2.05, 4.69) is 5.32 Å². The molecule has 1 aliphatic heterocycles. The molecular weight excluding hydrogens is 376 g/mol. The van der Waals surface area contributed by atoms with E-state index in [1.165, 1.54) is 4.31 Å². The second-order valence-corrected chi connectivity index (χ2v) is 9.81. The number of nitrogens with one attached hydrogen (secondary N) is 1. The van der Waals surface area contributed by atoms with Crippen molar-refractivity contribution >= 4 is 21.6 Å². The van der Waals surface area contributed by atoms with Crippen LogP contribution in [0.25, 0.3) is 0 Å². The van der Waals surface area contributed by atoms with Crippen molar-refractivity contribution in [1.29, 1.82) is 0 Å². The molecule has 1 aliphatic rings. The van der Waals surface area contributed by atoms with Gasteiger partial charge < -0.3 is 10.1 Å². The first-order chi connectivity index (χ1) is 13.0. The summed E-state index contributed by atoms with van der Waals surface area (Å²) >= 11 is 0. The Labute approximate surface area is 166 Å². The summed E-state index contributed by atoms with van der Waals surface area (Å²) in [6, 6.07) is 15.2. The van der Waals surface area contributed by atoms with Gasteiger partial charge in [0.05, 0.1) is 18.5 Å². The topological polar surface area (TPSA) is 75.7 Å². The van der Waals surface area contributed by atoms with Crippen LogP contribution in [0.15, 0.2) is 48.5 Å². The molecule has 1 heterocycles. The number of sulfonamides is 1. The summed E-state index contributed by atoms with van der Waals surface area (Å²) in [7, 11) is -3.54. The zero-order valence-electron chi connectivity index (χ0n) is 16.6. The Morgan fingerprint density at radius 2 is 1.89 bits per heavy atom. The molecule has 1 amide bonds. The van der Waals surface area contributed by atoms with Crippen LogP contribution in [-0.4, -0.2) is 38.8 Å². The average molecular weight is 403 g/mol. The quantitative estimate of drug-likeness (QED) is 0.834. The Kier molecular flexibility index (Phi) is 5.39. The molecular formula is C21H26N2O4S. The van der Waals surface area contributed by atoms with Gasteiger partial charge in [-0.15, -0.1) is 0 Å². The smallest absolute Gasteiger partial charge is 0.263 e. The number of carbonyl (C=O) groups excluding carboxylic acids is 1. The van der Waals surface area contributed by atoms with E-state index >= 15 is 0 Å². The van der Waals surface area contributed by atoms with Crippen LogP contribution in [0.3, 0.4) is 0 Å². The molecule has 0 saturated heterocycles. The minimum atomic E-state index is -3.54. The minimum Gasteiger partial charge on any atom is -0.476 e. The predicted molar refractivity (Wildman–Crippen MR) is 110 cm³/mol. The third-order valence-electron chi connectivity index (χ3n) is 4.63. The van der Waals surface area contributed by atoms with Crippen molar-refractivity contribution in [3.05, 3.63) is 59.7 Å². The fourth-order valence-electron chi connectivity index (χ4n) is 3.38. The number of fused-ring (bicyclic) bond motifs is 1. The zero-order valence-corrected chi connectivity index (χ0v) is 17.4. The number of carbonyl (C=O) groups is 1. The van der Waals surface area contributed by atoms with Crippen LogP contribution in [0, 0.1) is 6.92 Å². The molecule has 3 rings (SSSR count). The van der Waals surface area contributed by atoms with Gasteiger partial charge in [-0.2, -0.15) is 0 Å². The molecule has 0 aromatic heterocycles. The first-order valence-corrected chi connectivity index (χ1v) is 11.0. The number of benzene rings is 2. The van der Waals surface area contributed by atoms with E-state index in [9.17, 15) is 13.2 Å². The van der Waals surface area contributed by atoms with E-state index in [-0.39, 0.29) is 12.5 Å². The maximum Gasteiger partial charge on any atom is 0.263 e. The van der Waals surface area contributed by atoms with Crippen molar-refractivity contribution < 1.29 is 17.9 Å². The fraction of sp³-hybridized carbons (Fsp3) is 0.381. The summed E-state index contributed by atoms with van der Waals surface area (Å²) in [4.78, 5) is 12.9. The standard InChI is InChI=1S/C21H26N2O4S/c1-15-10-11-17-18(12-15)27-19(14-23(17)28(4,25)26)20(24)22-21(2,3)13-16-8-6-5-7-9-16/h5-12,19H,13-14H2,1-4H3,(H,22,24)/t19-/m1/s1. The Balaban J connectivity index is 1.80. The van der Waals surface area contributed by atoms with Crippen LogP contribution in [0.1, 0.15) is 25.0 Å².